The van der Waals surface area contributed by atoms with Crippen LogP contribution in [-0.4, -0.2) is 27.3 Å². The lowest BCUT2D eigenvalue weighted by Crippen LogP contribution is -2.45. The van der Waals surface area contributed by atoms with Gasteiger partial charge >= 0.3 is 0 Å². The number of benzene rings is 2. The number of hydrogen-bond acceptors (Lipinski definition) is 5. The van der Waals surface area contributed by atoms with Crippen molar-refractivity contribution in [1.29, 1.82) is 0 Å². The minimum atomic E-state index is -0.959. The first kappa shape index (κ1) is 26.5. The van der Waals surface area contributed by atoms with Gasteiger partial charge in [0.05, 0.1) is 14.2 Å². The van der Waals surface area contributed by atoms with Crippen LogP contribution in [0.25, 0.3) is 0 Å². The minimum absolute atomic E-state index is 0.506. The fraction of sp³-hybridized carbons (Fsp3) is 0.414. The van der Waals surface area contributed by atoms with Crippen molar-refractivity contribution in [2.24, 2.45) is 4.99 Å². The second-order valence-electron chi connectivity index (χ2n) is 9.34. The van der Waals surface area contributed by atoms with E-state index in [-0.39, 0.29) is 0 Å². The second-order valence-corrected chi connectivity index (χ2v) is 10.2. The predicted molar refractivity (Wildman–Crippen MR) is 144 cm³/mol. The van der Waals surface area contributed by atoms with Crippen LogP contribution in [0.15, 0.2) is 70.6 Å². The number of nitrogens with zero attached hydrogens (tertiary/aromatic N) is 1. The van der Waals surface area contributed by atoms with E-state index in [2.05, 4.69) is 16.4 Å². The number of ether oxygens (including phenoxy) is 2. The highest BCUT2D eigenvalue weighted by molar-refractivity contribution is 6.31. The maximum atomic E-state index is 11.5. The highest BCUT2D eigenvalue weighted by Gasteiger charge is 2.43. The number of rotatable bonds is 8. The van der Waals surface area contributed by atoms with Gasteiger partial charge in [0.25, 0.3) is 0 Å². The molecule has 7 heteroatoms. The summed E-state index contributed by atoms with van der Waals surface area (Å²) >= 11 is 13.4. The Morgan fingerprint density at radius 2 is 1.81 bits per heavy atom. The molecule has 2 aromatic rings. The third-order valence-corrected chi connectivity index (χ3v) is 8.19. The van der Waals surface area contributed by atoms with E-state index in [1.807, 2.05) is 49.5 Å². The van der Waals surface area contributed by atoms with Crippen molar-refractivity contribution in [3.8, 4) is 0 Å². The SMILES string of the molecule is CN[C@]1(c2ccccc2Cl)CCCC(Cc2ccc(Cl)c([C@@]3(N=C=O)CCCC=C3OC)c2)=C1OC. The summed E-state index contributed by atoms with van der Waals surface area (Å²) < 4.78 is 11.8. The van der Waals surface area contributed by atoms with Crippen LogP contribution < -0.4 is 5.32 Å². The summed E-state index contributed by atoms with van der Waals surface area (Å²) in [7, 11) is 5.28. The molecule has 0 saturated heterocycles. The molecule has 1 N–H and O–H groups in total. The fourth-order valence-electron chi connectivity index (χ4n) is 5.92. The molecule has 5 nitrogen and oxygen atoms in total. The van der Waals surface area contributed by atoms with Crippen molar-refractivity contribution >= 4 is 29.3 Å². The third-order valence-electron chi connectivity index (χ3n) is 7.53. The van der Waals surface area contributed by atoms with Crippen LogP contribution >= 0.6 is 23.2 Å². The van der Waals surface area contributed by atoms with Crippen molar-refractivity contribution in [3.05, 3.63) is 92.4 Å². The van der Waals surface area contributed by atoms with E-state index in [0.29, 0.717) is 28.6 Å². The van der Waals surface area contributed by atoms with Crippen LogP contribution in [0.5, 0.6) is 0 Å². The summed E-state index contributed by atoms with van der Waals surface area (Å²) in [6, 6.07) is 13.9. The largest absolute Gasteiger partial charge is 0.499 e. The van der Waals surface area contributed by atoms with E-state index >= 15 is 0 Å². The fourth-order valence-corrected chi connectivity index (χ4v) is 6.49. The molecule has 2 aromatic carbocycles. The van der Waals surface area contributed by atoms with Crippen molar-refractivity contribution in [3.63, 3.8) is 0 Å². The summed E-state index contributed by atoms with van der Waals surface area (Å²) in [6.45, 7) is 0. The van der Waals surface area contributed by atoms with E-state index in [4.69, 9.17) is 32.7 Å². The Morgan fingerprint density at radius 1 is 1.03 bits per heavy atom. The Bertz CT molecular complexity index is 1230. The van der Waals surface area contributed by atoms with Crippen LogP contribution in [-0.2, 0) is 31.8 Å². The van der Waals surface area contributed by atoms with Crippen LogP contribution in [0, 0.1) is 0 Å². The van der Waals surface area contributed by atoms with Crippen LogP contribution in [0.3, 0.4) is 0 Å². The Balaban J connectivity index is 1.81. The van der Waals surface area contributed by atoms with Crippen molar-refractivity contribution in [2.45, 2.75) is 56.0 Å². The highest BCUT2D eigenvalue weighted by atomic mass is 35.5. The van der Waals surface area contributed by atoms with Gasteiger partial charge in [0.2, 0.25) is 6.08 Å². The molecule has 0 spiro atoms. The average Bonchev–Trinajstić information content (AvgIpc) is 2.90. The number of likely N-dealkylation sites (N-methyl/N-ethyl adjacent to an activating group) is 1. The van der Waals surface area contributed by atoms with E-state index < -0.39 is 11.1 Å². The van der Waals surface area contributed by atoms with E-state index in [1.165, 1.54) is 5.57 Å². The molecule has 0 fully saturated rings. The Morgan fingerprint density at radius 3 is 2.50 bits per heavy atom. The number of hydrogen-bond donors (Lipinski definition) is 1. The molecule has 0 radical (unpaired) electrons. The zero-order valence-corrected chi connectivity index (χ0v) is 22.5. The lowest BCUT2D eigenvalue weighted by molar-refractivity contribution is 0.172. The molecule has 0 saturated carbocycles. The second kappa shape index (κ2) is 11.2. The number of isocyanates is 1. The van der Waals surface area contributed by atoms with Crippen LogP contribution in [0.2, 0.25) is 10.0 Å². The van der Waals surface area contributed by atoms with Crippen LogP contribution in [0.1, 0.15) is 55.2 Å². The first-order chi connectivity index (χ1) is 17.5. The smallest absolute Gasteiger partial charge is 0.236 e. The van der Waals surface area contributed by atoms with Crippen molar-refractivity contribution < 1.29 is 14.3 Å². The van der Waals surface area contributed by atoms with Gasteiger partial charge in [-0.25, -0.2) is 4.79 Å². The van der Waals surface area contributed by atoms with Crippen LogP contribution in [0.4, 0.5) is 0 Å². The minimum Gasteiger partial charge on any atom is -0.499 e. The molecular weight excluding hydrogens is 495 g/mol. The monoisotopic (exact) mass is 526 g/mol. The van der Waals surface area contributed by atoms with Gasteiger partial charge in [-0.2, -0.15) is 4.99 Å². The lowest BCUT2D eigenvalue weighted by Gasteiger charge is -2.41. The molecule has 2 aliphatic rings. The van der Waals surface area contributed by atoms with Gasteiger partial charge in [-0.1, -0.05) is 53.5 Å². The van der Waals surface area contributed by atoms with Gasteiger partial charge < -0.3 is 14.8 Å². The zero-order valence-electron chi connectivity index (χ0n) is 21.0. The molecule has 2 atom stereocenters. The van der Waals surface area contributed by atoms with Crippen molar-refractivity contribution in [2.75, 3.05) is 21.3 Å². The Kier molecular flexibility index (Phi) is 8.27. The van der Waals surface area contributed by atoms with E-state index in [0.717, 1.165) is 54.6 Å². The number of allylic oxidation sites excluding steroid dienone is 2. The quantitative estimate of drug-likeness (QED) is 0.297. The number of methoxy groups -OCH3 is 2. The summed E-state index contributed by atoms with van der Waals surface area (Å²) in [5, 5.41) is 4.79. The average molecular weight is 527 g/mol. The Labute approximate surface area is 223 Å². The molecule has 0 heterocycles. The summed E-state index contributed by atoms with van der Waals surface area (Å²) in [5.74, 6) is 1.54. The maximum Gasteiger partial charge on any atom is 0.236 e. The first-order valence-corrected chi connectivity index (χ1v) is 13.0. The molecule has 0 unspecified atom stereocenters. The molecule has 36 heavy (non-hydrogen) atoms. The summed E-state index contributed by atoms with van der Waals surface area (Å²) in [4.78, 5) is 15.8. The molecule has 0 aromatic heterocycles. The molecule has 0 bridgehead atoms. The number of nitrogens with one attached hydrogen (secondary N) is 1. The molecular formula is C29H32Cl2N2O3. The summed E-state index contributed by atoms with van der Waals surface area (Å²) in [6.07, 6.45) is 9.60. The zero-order chi connectivity index (χ0) is 25.8. The molecule has 0 aliphatic heterocycles. The van der Waals surface area contributed by atoms with Gasteiger partial charge in [0, 0.05) is 15.6 Å². The Hall–Kier alpha value is -2.56. The van der Waals surface area contributed by atoms with Gasteiger partial charge in [-0.3, -0.25) is 0 Å². The normalized spacial score (nSPS) is 24.1. The highest BCUT2D eigenvalue weighted by Crippen LogP contribution is 2.47. The number of halogens is 2. The number of aliphatic imine (C=N–C) groups is 1. The van der Waals surface area contributed by atoms with Gasteiger partial charge in [-0.05, 0) is 86.9 Å². The van der Waals surface area contributed by atoms with Crippen molar-refractivity contribution in [1.82, 2.24) is 5.32 Å². The lowest BCUT2D eigenvalue weighted by atomic mass is 9.75. The predicted octanol–water partition coefficient (Wildman–Crippen LogP) is 6.98. The van der Waals surface area contributed by atoms with Gasteiger partial charge in [-0.15, -0.1) is 0 Å². The standard InChI is InChI=1S/C29H32Cl2N2O3/c1-32-29(22-10-4-5-11-24(22)30)16-8-9-21(27(29)36-3)17-20-13-14-25(31)23(18-20)28(33-19-34)15-7-6-12-26(28)35-2/h4-5,10-14,18,32H,6-9,15-17H2,1-3H3/t28-,29-/m0/s1. The number of carbonyl (C=O) groups excluding carboxylic acids is 1. The molecule has 2 aliphatic carbocycles. The van der Waals surface area contributed by atoms with Gasteiger partial charge in [0.1, 0.15) is 17.1 Å². The topological polar surface area (TPSA) is 59.9 Å². The third kappa shape index (κ3) is 4.62. The molecule has 190 valence electrons. The first-order valence-electron chi connectivity index (χ1n) is 12.3. The van der Waals surface area contributed by atoms with Gasteiger partial charge in [0.15, 0.2) is 5.54 Å². The molecule has 4 rings (SSSR count). The molecule has 0 amide bonds. The van der Waals surface area contributed by atoms with E-state index in [9.17, 15) is 4.79 Å². The summed E-state index contributed by atoms with van der Waals surface area (Å²) in [5.41, 5.74) is 2.57. The maximum absolute atomic E-state index is 11.5. The van der Waals surface area contributed by atoms with E-state index in [1.54, 1.807) is 20.3 Å².